The number of fused-ring (bicyclic) bond motifs is 1. The first-order chi connectivity index (χ1) is 15.8. The van der Waals surface area contributed by atoms with Crippen molar-refractivity contribution in [1.29, 1.82) is 0 Å². The first-order valence-corrected chi connectivity index (χ1v) is 11.5. The lowest BCUT2D eigenvalue weighted by molar-refractivity contribution is 0.103. The Labute approximate surface area is 190 Å². The van der Waals surface area contributed by atoms with Crippen LogP contribution in [-0.4, -0.2) is 32.4 Å². The van der Waals surface area contributed by atoms with Crippen molar-refractivity contribution in [3.8, 4) is 11.5 Å². The molecular formula is C25H21NO6S. The number of rotatable bonds is 6. The van der Waals surface area contributed by atoms with Gasteiger partial charge in [-0.2, -0.15) is 0 Å². The minimum atomic E-state index is -4.15. The number of hydrogen-bond acceptors (Lipinski definition) is 6. The summed E-state index contributed by atoms with van der Waals surface area (Å²) in [7, 11) is -1.34. The molecule has 0 saturated carbocycles. The van der Waals surface area contributed by atoms with Crippen molar-refractivity contribution in [2.45, 2.75) is 11.8 Å². The van der Waals surface area contributed by atoms with Crippen LogP contribution in [-0.2, 0) is 10.0 Å². The van der Waals surface area contributed by atoms with Gasteiger partial charge >= 0.3 is 0 Å². The summed E-state index contributed by atoms with van der Waals surface area (Å²) in [6, 6.07) is 17.3. The topological polar surface area (TPSA) is 91.7 Å². The molecule has 8 heteroatoms. The number of carbonyl (C=O) groups excluding carboxylic acids is 1. The fourth-order valence-corrected chi connectivity index (χ4v) is 4.91. The van der Waals surface area contributed by atoms with Crippen molar-refractivity contribution >= 4 is 26.7 Å². The van der Waals surface area contributed by atoms with Gasteiger partial charge in [0, 0.05) is 17.8 Å². The molecule has 4 aromatic rings. The highest BCUT2D eigenvalue weighted by molar-refractivity contribution is 7.90. The Hall–Kier alpha value is -3.91. The van der Waals surface area contributed by atoms with Crippen molar-refractivity contribution in [1.82, 2.24) is 3.97 Å². The normalized spacial score (nSPS) is 11.4. The lowest BCUT2D eigenvalue weighted by Gasteiger charge is -2.16. The van der Waals surface area contributed by atoms with Crippen molar-refractivity contribution in [2.24, 2.45) is 0 Å². The number of aryl methyl sites for hydroxylation is 1. The molecule has 0 unspecified atom stereocenters. The van der Waals surface area contributed by atoms with E-state index in [0.717, 1.165) is 15.7 Å². The van der Waals surface area contributed by atoms with Crippen molar-refractivity contribution in [3.05, 3.63) is 99.8 Å². The van der Waals surface area contributed by atoms with E-state index in [4.69, 9.17) is 9.47 Å². The van der Waals surface area contributed by atoms with Gasteiger partial charge in [0.1, 0.15) is 0 Å². The quantitative estimate of drug-likeness (QED) is 0.404. The Bertz CT molecular complexity index is 1520. The van der Waals surface area contributed by atoms with Gasteiger partial charge in [0.05, 0.1) is 35.6 Å². The molecule has 0 aliphatic heterocycles. The van der Waals surface area contributed by atoms with Crippen LogP contribution in [0.2, 0.25) is 0 Å². The number of hydrogen-bond donors (Lipinski definition) is 0. The molecule has 1 heterocycles. The van der Waals surface area contributed by atoms with E-state index in [1.54, 1.807) is 42.5 Å². The highest BCUT2D eigenvalue weighted by Gasteiger charge is 2.25. The second-order valence-corrected chi connectivity index (χ2v) is 9.22. The fourth-order valence-electron chi connectivity index (χ4n) is 3.55. The summed E-state index contributed by atoms with van der Waals surface area (Å²) < 4.78 is 38.8. The maximum atomic E-state index is 13.6. The number of nitrogens with zero attached hydrogens (tertiary/aromatic N) is 1. The Morgan fingerprint density at radius 2 is 1.48 bits per heavy atom. The van der Waals surface area contributed by atoms with Gasteiger partial charge in [-0.15, -0.1) is 0 Å². The molecule has 0 spiro atoms. The zero-order valence-electron chi connectivity index (χ0n) is 18.2. The van der Waals surface area contributed by atoms with E-state index in [0.29, 0.717) is 0 Å². The SMILES string of the molecule is COc1cc2c(=O)c(C(=O)c3ccccc3)cn(S(=O)(=O)c3ccc(C)cc3)c2cc1OC. The minimum absolute atomic E-state index is 0.0186. The molecule has 3 aromatic carbocycles. The van der Waals surface area contributed by atoms with Gasteiger partial charge in [-0.25, -0.2) is 12.4 Å². The van der Waals surface area contributed by atoms with E-state index in [2.05, 4.69) is 0 Å². The maximum Gasteiger partial charge on any atom is 0.268 e. The monoisotopic (exact) mass is 463 g/mol. The number of methoxy groups -OCH3 is 2. The molecule has 0 radical (unpaired) electrons. The zero-order valence-corrected chi connectivity index (χ0v) is 19.0. The van der Waals surface area contributed by atoms with Crippen molar-refractivity contribution < 1.29 is 22.7 Å². The molecule has 0 N–H and O–H groups in total. The second kappa shape index (κ2) is 8.55. The van der Waals surface area contributed by atoms with Gasteiger partial charge in [0.2, 0.25) is 5.43 Å². The van der Waals surface area contributed by atoms with Crippen LogP contribution in [0.25, 0.3) is 10.9 Å². The van der Waals surface area contributed by atoms with E-state index < -0.39 is 21.2 Å². The Morgan fingerprint density at radius 3 is 2.09 bits per heavy atom. The Morgan fingerprint density at radius 1 is 0.879 bits per heavy atom. The van der Waals surface area contributed by atoms with Gasteiger partial charge in [-0.1, -0.05) is 48.0 Å². The molecule has 0 saturated heterocycles. The molecule has 0 fully saturated rings. The summed E-state index contributed by atoms with van der Waals surface area (Å²) >= 11 is 0. The predicted molar refractivity (Wildman–Crippen MR) is 125 cm³/mol. The van der Waals surface area contributed by atoms with Crippen LogP contribution in [0.5, 0.6) is 11.5 Å². The molecule has 0 atom stereocenters. The summed E-state index contributed by atoms with van der Waals surface area (Å²) in [5.41, 5.74) is 0.369. The largest absolute Gasteiger partial charge is 0.493 e. The van der Waals surface area contributed by atoms with Gasteiger partial charge < -0.3 is 9.47 Å². The number of carbonyl (C=O) groups is 1. The summed E-state index contributed by atoms with van der Waals surface area (Å²) in [6.45, 7) is 1.85. The standard InChI is InChI=1S/C25H21NO6S/c1-16-9-11-18(12-10-16)33(29,30)26-15-20(24(27)17-7-5-4-6-8-17)25(28)19-13-22(31-2)23(32-3)14-21(19)26/h4-15H,1-3H3. The molecule has 0 amide bonds. The Kier molecular flexibility index (Phi) is 5.78. The fraction of sp³-hybridized carbons (Fsp3) is 0.120. The first kappa shape index (κ1) is 22.3. The molecule has 0 bridgehead atoms. The molecule has 4 rings (SSSR count). The predicted octanol–water partition coefficient (Wildman–Crippen LogP) is 3.80. The van der Waals surface area contributed by atoms with E-state index in [1.165, 1.54) is 38.5 Å². The van der Waals surface area contributed by atoms with Gasteiger partial charge in [0.15, 0.2) is 17.3 Å². The first-order valence-electron chi connectivity index (χ1n) is 10.0. The van der Waals surface area contributed by atoms with Crippen LogP contribution < -0.4 is 14.9 Å². The molecule has 168 valence electrons. The highest BCUT2D eigenvalue weighted by atomic mass is 32.2. The van der Waals surface area contributed by atoms with Gasteiger partial charge in [-0.3, -0.25) is 9.59 Å². The van der Waals surface area contributed by atoms with E-state index in [9.17, 15) is 18.0 Å². The summed E-state index contributed by atoms with van der Waals surface area (Å²) in [4.78, 5) is 26.6. The average molecular weight is 464 g/mol. The van der Waals surface area contributed by atoms with Gasteiger partial charge in [-0.05, 0) is 25.1 Å². The average Bonchev–Trinajstić information content (AvgIpc) is 2.83. The van der Waals surface area contributed by atoms with Crippen molar-refractivity contribution in [2.75, 3.05) is 14.2 Å². The minimum Gasteiger partial charge on any atom is -0.493 e. The van der Waals surface area contributed by atoms with Crippen LogP contribution in [0.4, 0.5) is 0 Å². The van der Waals surface area contributed by atoms with E-state index in [-0.39, 0.29) is 38.4 Å². The summed E-state index contributed by atoms with van der Waals surface area (Å²) in [5.74, 6) is -0.0878. The highest BCUT2D eigenvalue weighted by Crippen LogP contribution is 2.32. The van der Waals surface area contributed by atoms with Crippen LogP contribution in [0.3, 0.4) is 0 Å². The molecular weight excluding hydrogens is 442 g/mol. The van der Waals surface area contributed by atoms with Crippen LogP contribution >= 0.6 is 0 Å². The summed E-state index contributed by atoms with van der Waals surface area (Å²) in [6.07, 6.45) is 1.08. The number of benzene rings is 3. The molecule has 0 aliphatic rings. The maximum absolute atomic E-state index is 13.6. The third-order valence-corrected chi connectivity index (χ3v) is 7.02. The van der Waals surface area contributed by atoms with Crippen LogP contribution in [0.1, 0.15) is 21.5 Å². The molecule has 0 aliphatic carbocycles. The summed E-state index contributed by atoms with van der Waals surface area (Å²) in [5, 5.41) is 0.0186. The number of ketones is 1. The van der Waals surface area contributed by atoms with Crippen LogP contribution in [0.15, 0.2) is 82.6 Å². The molecule has 33 heavy (non-hydrogen) atoms. The zero-order chi connectivity index (χ0) is 23.8. The smallest absolute Gasteiger partial charge is 0.268 e. The molecule has 1 aromatic heterocycles. The van der Waals surface area contributed by atoms with Crippen LogP contribution in [0, 0.1) is 6.92 Å². The number of ether oxygens (including phenoxy) is 2. The third kappa shape index (κ3) is 3.89. The van der Waals surface area contributed by atoms with E-state index >= 15 is 0 Å². The number of aromatic nitrogens is 1. The lowest BCUT2D eigenvalue weighted by atomic mass is 10.0. The molecule has 7 nitrogen and oxygen atoms in total. The van der Waals surface area contributed by atoms with Crippen molar-refractivity contribution in [3.63, 3.8) is 0 Å². The lowest BCUT2D eigenvalue weighted by Crippen LogP contribution is -2.23. The number of pyridine rings is 1. The van der Waals surface area contributed by atoms with E-state index in [1.807, 2.05) is 6.92 Å². The Balaban J connectivity index is 2.09. The van der Waals surface area contributed by atoms with Gasteiger partial charge in [0.25, 0.3) is 10.0 Å². The third-order valence-electron chi connectivity index (χ3n) is 5.33. The second-order valence-electron chi connectivity index (χ2n) is 7.41.